The van der Waals surface area contributed by atoms with Crippen molar-refractivity contribution in [2.24, 2.45) is 0 Å². The molecule has 3 nitrogen and oxygen atoms in total. The Labute approximate surface area is 121 Å². The number of hydrogen-bond donors (Lipinski definition) is 1. The van der Waals surface area contributed by atoms with E-state index in [0.29, 0.717) is 5.75 Å². The van der Waals surface area contributed by atoms with E-state index in [4.69, 9.17) is 4.74 Å². The van der Waals surface area contributed by atoms with Gasteiger partial charge in [-0.05, 0) is 58.0 Å². The molecule has 0 radical (unpaired) electrons. The van der Waals surface area contributed by atoms with E-state index in [1.54, 1.807) is 12.1 Å². The lowest BCUT2D eigenvalue weighted by molar-refractivity contribution is 0.0576. The van der Waals surface area contributed by atoms with Crippen LogP contribution < -0.4 is 10.1 Å². The Morgan fingerprint density at radius 3 is 2.55 bits per heavy atom. The first kappa shape index (κ1) is 15.3. The first-order valence-electron chi connectivity index (χ1n) is 7.23. The number of nitrogens with one attached hydrogen (secondary N) is 1. The Kier molecular flexibility index (Phi) is 4.66. The standard InChI is InChI=1S/C16H25FN2O/c1-12(13-6-7-15(20-4)14(17)10-13)18-11-16(19(2)3)8-5-9-16/h6-7,10,12,18H,5,8-9,11H2,1-4H3. The van der Waals surface area contributed by atoms with Crippen molar-refractivity contribution in [2.75, 3.05) is 27.7 Å². The summed E-state index contributed by atoms with van der Waals surface area (Å²) in [5.74, 6) is -0.00526. The van der Waals surface area contributed by atoms with E-state index in [0.717, 1.165) is 12.1 Å². The number of ether oxygens (including phenoxy) is 1. The van der Waals surface area contributed by atoms with Gasteiger partial charge in [0.05, 0.1) is 7.11 Å². The molecule has 0 aliphatic heterocycles. The lowest BCUT2D eigenvalue weighted by Gasteiger charge is -2.48. The summed E-state index contributed by atoms with van der Waals surface area (Å²) in [5.41, 5.74) is 1.23. The number of rotatable bonds is 6. The monoisotopic (exact) mass is 280 g/mol. The van der Waals surface area contributed by atoms with Gasteiger partial charge in [0.2, 0.25) is 0 Å². The zero-order valence-corrected chi connectivity index (χ0v) is 12.9. The second-order valence-electron chi connectivity index (χ2n) is 5.97. The van der Waals surface area contributed by atoms with Crippen LogP contribution in [0.4, 0.5) is 4.39 Å². The quantitative estimate of drug-likeness (QED) is 0.867. The molecule has 1 aromatic carbocycles. The topological polar surface area (TPSA) is 24.5 Å². The van der Waals surface area contributed by atoms with Crippen LogP contribution in [0.5, 0.6) is 5.75 Å². The van der Waals surface area contributed by atoms with Gasteiger partial charge < -0.3 is 15.0 Å². The maximum Gasteiger partial charge on any atom is 0.165 e. The highest BCUT2D eigenvalue weighted by Gasteiger charge is 2.38. The van der Waals surface area contributed by atoms with E-state index in [1.807, 2.05) is 6.07 Å². The van der Waals surface area contributed by atoms with Crippen LogP contribution in [0.25, 0.3) is 0 Å². The van der Waals surface area contributed by atoms with Crippen molar-refractivity contribution < 1.29 is 9.13 Å². The molecule has 1 aliphatic carbocycles. The summed E-state index contributed by atoms with van der Waals surface area (Å²) in [6, 6.07) is 5.30. The molecule has 112 valence electrons. The number of hydrogen-bond acceptors (Lipinski definition) is 3. The summed E-state index contributed by atoms with van der Waals surface area (Å²) in [5, 5.41) is 3.54. The van der Waals surface area contributed by atoms with Gasteiger partial charge >= 0.3 is 0 Å². The minimum atomic E-state index is -0.301. The van der Waals surface area contributed by atoms with Crippen LogP contribution in [0, 0.1) is 5.82 Å². The van der Waals surface area contributed by atoms with E-state index < -0.39 is 0 Å². The Morgan fingerprint density at radius 1 is 1.40 bits per heavy atom. The molecule has 1 fully saturated rings. The second-order valence-corrected chi connectivity index (χ2v) is 5.97. The molecule has 1 N–H and O–H groups in total. The molecule has 0 bridgehead atoms. The van der Waals surface area contributed by atoms with Crippen molar-refractivity contribution in [3.8, 4) is 5.75 Å². The van der Waals surface area contributed by atoms with Crippen LogP contribution in [0.15, 0.2) is 18.2 Å². The lowest BCUT2D eigenvalue weighted by Crippen LogP contribution is -2.56. The maximum absolute atomic E-state index is 13.7. The van der Waals surface area contributed by atoms with Crippen molar-refractivity contribution in [3.05, 3.63) is 29.6 Å². The van der Waals surface area contributed by atoms with E-state index >= 15 is 0 Å². The van der Waals surface area contributed by atoms with Crippen LogP contribution >= 0.6 is 0 Å². The third-order valence-corrected chi connectivity index (χ3v) is 4.65. The molecule has 1 unspecified atom stereocenters. The third-order valence-electron chi connectivity index (χ3n) is 4.65. The minimum Gasteiger partial charge on any atom is -0.494 e. The van der Waals surface area contributed by atoms with Crippen LogP contribution in [0.3, 0.4) is 0 Å². The van der Waals surface area contributed by atoms with E-state index in [-0.39, 0.29) is 17.4 Å². The average Bonchev–Trinajstić information content (AvgIpc) is 2.36. The number of likely N-dealkylation sites (N-methyl/N-ethyl adjacent to an activating group) is 1. The zero-order chi connectivity index (χ0) is 14.8. The molecule has 4 heteroatoms. The van der Waals surface area contributed by atoms with Crippen molar-refractivity contribution in [1.82, 2.24) is 10.2 Å². The molecule has 0 aromatic heterocycles. The molecule has 1 aliphatic rings. The lowest BCUT2D eigenvalue weighted by atomic mass is 9.75. The first-order valence-corrected chi connectivity index (χ1v) is 7.23. The fourth-order valence-electron chi connectivity index (χ4n) is 2.78. The van der Waals surface area contributed by atoms with E-state index in [1.165, 1.54) is 26.4 Å². The van der Waals surface area contributed by atoms with Crippen molar-refractivity contribution in [1.29, 1.82) is 0 Å². The zero-order valence-electron chi connectivity index (χ0n) is 12.9. The van der Waals surface area contributed by atoms with Gasteiger partial charge in [-0.3, -0.25) is 0 Å². The van der Waals surface area contributed by atoms with Crippen LogP contribution in [-0.2, 0) is 0 Å². The van der Waals surface area contributed by atoms with Gasteiger partial charge in [-0.15, -0.1) is 0 Å². The Morgan fingerprint density at radius 2 is 2.10 bits per heavy atom. The summed E-state index contributed by atoms with van der Waals surface area (Å²) in [4.78, 5) is 2.31. The van der Waals surface area contributed by atoms with E-state index in [9.17, 15) is 4.39 Å². The van der Waals surface area contributed by atoms with Crippen molar-refractivity contribution in [2.45, 2.75) is 37.8 Å². The second kappa shape index (κ2) is 6.10. The molecule has 0 heterocycles. The highest BCUT2D eigenvalue weighted by atomic mass is 19.1. The molecule has 20 heavy (non-hydrogen) atoms. The molecule has 1 aromatic rings. The molecule has 0 saturated heterocycles. The van der Waals surface area contributed by atoms with Gasteiger partial charge in [-0.25, -0.2) is 4.39 Å². The summed E-state index contributed by atoms with van der Waals surface area (Å²) in [6.45, 7) is 3.01. The molecule has 0 spiro atoms. The van der Waals surface area contributed by atoms with Gasteiger partial charge in [-0.2, -0.15) is 0 Å². The minimum absolute atomic E-state index is 0.132. The maximum atomic E-state index is 13.7. The van der Waals surface area contributed by atoms with E-state index in [2.05, 4.69) is 31.2 Å². The summed E-state index contributed by atoms with van der Waals surface area (Å²) >= 11 is 0. The Hall–Kier alpha value is -1.13. The molecule has 2 rings (SSSR count). The number of methoxy groups -OCH3 is 1. The van der Waals surface area contributed by atoms with Crippen LogP contribution in [0.2, 0.25) is 0 Å². The highest BCUT2D eigenvalue weighted by Crippen LogP contribution is 2.36. The van der Waals surface area contributed by atoms with Crippen LogP contribution in [0.1, 0.15) is 37.8 Å². The normalized spacial score (nSPS) is 18.7. The van der Waals surface area contributed by atoms with Gasteiger partial charge in [0.1, 0.15) is 0 Å². The predicted octanol–water partition coefficient (Wildman–Crippen LogP) is 2.97. The van der Waals surface area contributed by atoms with Crippen LogP contribution in [-0.4, -0.2) is 38.2 Å². The summed E-state index contributed by atoms with van der Waals surface area (Å²) in [6.07, 6.45) is 3.76. The largest absolute Gasteiger partial charge is 0.494 e. The fourth-order valence-corrected chi connectivity index (χ4v) is 2.78. The predicted molar refractivity (Wildman–Crippen MR) is 79.6 cm³/mol. The number of nitrogens with zero attached hydrogens (tertiary/aromatic N) is 1. The smallest absolute Gasteiger partial charge is 0.165 e. The molecular formula is C16H25FN2O. The van der Waals surface area contributed by atoms with Crippen molar-refractivity contribution in [3.63, 3.8) is 0 Å². The Bertz CT molecular complexity index is 458. The van der Waals surface area contributed by atoms with Crippen molar-refractivity contribution >= 4 is 0 Å². The number of benzene rings is 1. The van der Waals surface area contributed by atoms with Gasteiger partial charge in [-0.1, -0.05) is 6.07 Å². The third kappa shape index (κ3) is 2.96. The van der Waals surface area contributed by atoms with Gasteiger partial charge in [0.15, 0.2) is 11.6 Å². The fraction of sp³-hybridized carbons (Fsp3) is 0.625. The summed E-state index contributed by atoms with van der Waals surface area (Å²) in [7, 11) is 5.76. The average molecular weight is 280 g/mol. The highest BCUT2D eigenvalue weighted by molar-refractivity contribution is 5.30. The molecule has 0 amide bonds. The molecule has 1 saturated carbocycles. The van der Waals surface area contributed by atoms with Gasteiger partial charge in [0.25, 0.3) is 0 Å². The molecule has 1 atom stereocenters. The molecular weight excluding hydrogens is 255 g/mol. The first-order chi connectivity index (χ1) is 9.48. The SMILES string of the molecule is COc1ccc(C(C)NCC2(N(C)C)CCC2)cc1F. The van der Waals surface area contributed by atoms with Gasteiger partial charge in [0, 0.05) is 18.1 Å². The Balaban J connectivity index is 1.98. The number of halogens is 1. The summed E-state index contributed by atoms with van der Waals surface area (Å²) < 4.78 is 18.7.